The molecule has 1 rings (SSSR count). The molecule has 0 bridgehead atoms. The van der Waals surface area contributed by atoms with Crippen molar-refractivity contribution in [3.8, 4) is 5.75 Å². The van der Waals surface area contributed by atoms with Gasteiger partial charge in [-0.1, -0.05) is 19.1 Å². The van der Waals surface area contributed by atoms with Crippen molar-refractivity contribution in [2.45, 2.75) is 19.6 Å². The second-order valence-corrected chi connectivity index (χ2v) is 4.10. The van der Waals surface area contributed by atoms with Crippen LogP contribution in [0, 0.1) is 0 Å². The monoisotopic (exact) mass is 253 g/mol. The fourth-order valence-electron chi connectivity index (χ4n) is 1.74. The summed E-state index contributed by atoms with van der Waals surface area (Å²) in [6, 6.07) is 8.16. The molecule has 0 aliphatic carbocycles. The van der Waals surface area contributed by atoms with Crippen molar-refractivity contribution in [3.63, 3.8) is 0 Å². The first-order valence-corrected chi connectivity index (χ1v) is 6.23. The van der Waals surface area contributed by atoms with Gasteiger partial charge in [0.15, 0.2) is 0 Å². The Labute approximate surface area is 109 Å². The summed E-state index contributed by atoms with van der Waals surface area (Å²) >= 11 is 0. The second kappa shape index (κ2) is 8.91. The van der Waals surface area contributed by atoms with Gasteiger partial charge in [-0.05, 0) is 24.2 Å². The van der Waals surface area contributed by atoms with Gasteiger partial charge in [0, 0.05) is 14.2 Å². The van der Waals surface area contributed by atoms with Gasteiger partial charge >= 0.3 is 0 Å². The number of hydrogen-bond donors (Lipinski definition) is 1. The van der Waals surface area contributed by atoms with Gasteiger partial charge in [0.1, 0.15) is 12.4 Å². The van der Waals surface area contributed by atoms with Gasteiger partial charge in [0.25, 0.3) is 0 Å². The summed E-state index contributed by atoms with van der Waals surface area (Å²) in [6.45, 7) is 4.82. The van der Waals surface area contributed by atoms with Crippen LogP contribution in [0.5, 0.6) is 5.75 Å². The number of benzene rings is 1. The van der Waals surface area contributed by atoms with Gasteiger partial charge in [0.2, 0.25) is 0 Å². The molecule has 0 aromatic heterocycles. The van der Waals surface area contributed by atoms with E-state index in [0.29, 0.717) is 19.8 Å². The molecule has 0 aliphatic heterocycles. The lowest BCUT2D eigenvalue weighted by atomic mass is 10.2. The minimum Gasteiger partial charge on any atom is -0.492 e. The van der Waals surface area contributed by atoms with E-state index in [2.05, 4.69) is 12.2 Å². The zero-order valence-electron chi connectivity index (χ0n) is 11.4. The number of rotatable bonds is 9. The number of likely N-dealkylation sites (N-methyl/N-ethyl adjacent to an activating group) is 1. The lowest BCUT2D eigenvalue weighted by Gasteiger charge is -2.17. The number of methoxy groups -OCH3 is 2. The molecule has 1 aromatic carbocycles. The van der Waals surface area contributed by atoms with Crippen LogP contribution in [0.2, 0.25) is 0 Å². The van der Waals surface area contributed by atoms with Gasteiger partial charge in [-0.3, -0.25) is 0 Å². The molecule has 0 radical (unpaired) electrons. The predicted octanol–water partition coefficient (Wildman–Crippen LogP) is 1.84. The minimum atomic E-state index is 0.214. The van der Waals surface area contributed by atoms with Crippen LogP contribution in [0.15, 0.2) is 24.3 Å². The highest BCUT2D eigenvalue weighted by molar-refractivity contribution is 5.28. The maximum absolute atomic E-state index is 5.76. The summed E-state index contributed by atoms with van der Waals surface area (Å²) < 4.78 is 16.0. The van der Waals surface area contributed by atoms with Crippen molar-refractivity contribution in [2.24, 2.45) is 0 Å². The van der Waals surface area contributed by atoms with E-state index in [1.165, 1.54) is 0 Å². The molecule has 1 aromatic rings. The molecule has 0 fully saturated rings. The summed E-state index contributed by atoms with van der Waals surface area (Å²) in [5.74, 6) is 0.864. The van der Waals surface area contributed by atoms with Crippen molar-refractivity contribution in [3.05, 3.63) is 29.8 Å². The predicted molar refractivity (Wildman–Crippen MR) is 72.0 cm³/mol. The SMILES string of the molecule is CCNC(COC)COc1cccc(COC)c1. The zero-order chi connectivity index (χ0) is 13.2. The smallest absolute Gasteiger partial charge is 0.119 e. The summed E-state index contributed by atoms with van der Waals surface area (Å²) in [4.78, 5) is 0. The molecule has 4 heteroatoms. The van der Waals surface area contributed by atoms with Crippen LogP contribution in [0.4, 0.5) is 0 Å². The van der Waals surface area contributed by atoms with Crippen LogP contribution < -0.4 is 10.1 Å². The van der Waals surface area contributed by atoms with Crippen molar-refractivity contribution in [2.75, 3.05) is 34.0 Å². The Bertz CT molecular complexity index is 325. The highest BCUT2D eigenvalue weighted by Gasteiger charge is 2.07. The quantitative estimate of drug-likeness (QED) is 0.729. The summed E-state index contributed by atoms with van der Waals surface area (Å²) in [6.07, 6.45) is 0. The Morgan fingerprint density at radius 1 is 1.17 bits per heavy atom. The van der Waals surface area contributed by atoms with Crippen LogP contribution in [0.25, 0.3) is 0 Å². The van der Waals surface area contributed by atoms with Crippen LogP contribution >= 0.6 is 0 Å². The van der Waals surface area contributed by atoms with E-state index in [1.807, 2.05) is 24.3 Å². The molecule has 18 heavy (non-hydrogen) atoms. The fourth-order valence-corrected chi connectivity index (χ4v) is 1.74. The Morgan fingerprint density at radius 2 is 2.00 bits per heavy atom. The van der Waals surface area contributed by atoms with Gasteiger partial charge in [0.05, 0.1) is 19.3 Å². The molecule has 0 heterocycles. The van der Waals surface area contributed by atoms with E-state index in [-0.39, 0.29) is 6.04 Å². The molecule has 0 saturated carbocycles. The number of hydrogen-bond acceptors (Lipinski definition) is 4. The lowest BCUT2D eigenvalue weighted by molar-refractivity contribution is 0.137. The van der Waals surface area contributed by atoms with E-state index < -0.39 is 0 Å². The van der Waals surface area contributed by atoms with Gasteiger partial charge in [-0.15, -0.1) is 0 Å². The standard InChI is InChI=1S/C14H23NO3/c1-4-15-13(10-17-3)11-18-14-7-5-6-12(8-14)9-16-2/h5-8,13,15H,4,9-11H2,1-3H3. The molecule has 1 atom stereocenters. The molecular weight excluding hydrogens is 230 g/mol. The fraction of sp³-hybridized carbons (Fsp3) is 0.571. The third-order valence-electron chi connectivity index (χ3n) is 2.52. The first-order valence-electron chi connectivity index (χ1n) is 6.23. The van der Waals surface area contributed by atoms with Crippen molar-refractivity contribution in [1.82, 2.24) is 5.32 Å². The first-order chi connectivity index (χ1) is 8.80. The molecule has 0 aliphatic rings. The number of ether oxygens (including phenoxy) is 3. The third kappa shape index (κ3) is 5.49. The minimum absolute atomic E-state index is 0.214. The zero-order valence-corrected chi connectivity index (χ0v) is 11.4. The molecule has 1 N–H and O–H groups in total. The van der Waals surface area contributed by atoms with Crippen molar-refractivity contribution in [1.29, 1.82) is 0 Å². The molecule has 0 saturated heterocycles. The van der Waals surface area contributed by atoms with Crippen LogP contribution in [-0.2, 0) is 16.1 Å². The summed E-state index contributed by atoms with van der Waals surface area (Å²) in [5, 5.41) is 3.32. The Kier molecular flexibility index (Phi) is 7.41. The molecule has 102 valence electrons. The topological polar surface area (TPSA) is 39.7 Å². The second-order valence-electron chi connectivity index (χ2n) is 4.10. The maximum Gasteiger partial charge on any atom is 0.119 e. The van der Waals surface area contributed by atoms with Crippen LogP contribution in [0.1, 0.15) is 12.5 Å². The van der Waals surface area contributed by atoms with E-state index in [0.717, 1.165) is 17.9 Å². The summed E-state index contributed by atoms with van der Waals surface area (Å²) in [5.41, 5.74) is 1.11. The highest BCUT2D eigenvalue weighted by atomic mass is 16.5. The maximum atomic E-state index is 5.76. The van der Waals surface area contributed by atoms with Crippen molar-refractivity contribution < 1.29 is 14.2 Å². The van der Waals surface area contributed by atoms with E-state index >= 15 is 0 Å². The third-order valence-corrected chi connectivity index (χ3v) is 2.52. The molecule has 4 nitrogen and oxygen atoms in total. The molecular formula is C14H23NO3. The Hall–Kier alpha value is -1.10. The largest absolute Gasteiger partial charge is 0.492 e. The number of nitrogens with one attached hydrogen (secondary N) is 1. The molecule has 0 spiro atoms. The van der Waals surface area contributed by atoms with Gasteiger partial charge in [-0.25, -0.2) is 0 Å². The normalized spacial score (nSPS) is 12.4. The first kappa shape index (κ1) is 15.0. The van der Waals surface area contributed by atoms with E-state index in [1.54, 1.807) is 14.2 Å². The van der Waals surface area contributed by atoms with Crippen molar-refractivity contribution >= 4 is 0 Å². The van der Waals surface area contributed by atoms with Crippen LogP contribution in [0.3, 0.4) is 0 Å². The van der Waals surface area contributed by atoms with Gasteiger partial charge < -0.3 is 19.5 Å². The van der Waals surface area contributed by atoms with Crippen LogP contribution in [-0.4, -0.2) is 40.0 Å². The molecule has 0 amide bonds. The lowest BCUT2D eigenvalue weighted by Crippen LogP contribution is -2.38. The Morgan fingerprint density at radius 3 is 2.67 bits per heavy atom. The van der Waals surface area contributed by atoms with Gasteiger partial charge in [-0.2, -0.15) is 0 Å². The average Bonchev–Trinajstić information content (AvgIpc) is 2.37. The van der Waals surface area contributed by atoms with E-state index in [9.17, 15) is 0 Å². The average molecular weight is 253 g/mol. The summed E-state index contributed by atoms with van der Waals surface area (Å²) in [7, 11) is 3.39. The Balaban J connectivity index is 2.47. The molecule has 1 unspecified atom stereocenters. The highest BCUT2D eigenvalue weighted by Crippen LogP contribution is 2.14. The van der Waals surface area contributed by atoms with E-state index in [4.69, 9.17) is 14.2 Å².